The number of imide groups is 1. The summed E-state index contributed by atoms with van der Waals surface area (Å²) in [5.74, 6) is 0.840. The standard InChI is InChI=1S/C36H40ClN7O6S.C7H10O2/c1-21-22(2)51-36-30(21)32(24-8-10-25(37)11-9-24)40-28(33-42-41-23(3)44(33)36)20-29(45)39-13-15-49-17-19-50-18-16-48-14-12-38-27-7-5-6-26-31(27)35(47)43(4)34(26)46;8-6-3-1-2-4-7(9)5-6/h5-11,28,38H,12-20H2,1-4H3,(H,39,45);1-5H2/t28-;/m0./s1. The van der Waals surface area contributed by atoms with Gasteiger partial charge in [-0.1, -0.05) is 29.8 Å². The van der Waals surface area contributed by atoms with Crippen molar-refractivity contribution in [2.75, 3.05) is 65.1 Å². The molecule has 1 aliphatic carbocycles. The van der Waals surface area contributed by atoms with Crippen molar-refractivity contribution in [3.8, 4) is 5.00 Å². The van der Waals surface area contributed by atoms with Crippen LogP contribution in [0.3, 0.4) is 0 Å². The number of hydrogen-bond donors (Lipinski definition) is 2. The lowest BCUT2D eigenvalue weighted by Gasteiger charge is -2.13. The van der Waals surface area contributed by atoms with Gasteiger partial charge in [0.05, 0.1) is 69.3 Å². The van der Waals surface area contributed by atoms with Crippen molar-refractivity contribution in [3.63, 3.8) is 0 Å². The van der Waals surface area contributed by atoms with Crippen molar-refractivity contribution < 1.29 is 38.2 Å². The zero-order valence-corrected chi connectivity index (χ0v) is 35.9. The number of nitrogens with one attached hydrogen (secondary N) is 2. The van der Waals surface area contributed by atoms with Crippen molar-refractivity contribution in [3.05, 3.63) is 91.8 Å². The highest BCUT2D eigenvalue weighted by Gasteiger charge is 2.35. The molecule has 3 amide bonds. The molecule has 0 radical (unpaired) electrons. The lowest BCUT2D eigenvalue weighted by Crippen LogP contribution is -2.29. The zero-order chi connectivity index (χ0) is 42.8. The summed E-state index contributed by atoms with van der Waals surface area (Å²) >= 11 is 7.87. The lowest BCUT2D eigenvalue weighted by molar-refractivity contribution is -0.126. The highest BCUT2D eigenvalue weighted by Crippen LogP contribution is 2.39. The lowest BCUT2D eigenvalue weighted by atomic mass is 9.99. The number of nitrogens with zero attached hydrogens (tertiary/aromatic N) is 5. The summed E-state index contributed by atoms with van der Waals surface area (Å²) in [7, 11) is 1.48. The third-order valence-electron chi connectivity index (χ3n) is 10.3. The van der Waals surface area contributed by atoms with Crippen LogP contribution >= 0.6 is 22.9 Å². The van der Waals surface area contributed by atoms with E-state index in [0.717, 1.165) is 51.0 Å². The van der Waals surface area contributed by atoms with Crippen molar-refractivity contribution in [1.82, 2.24) is 25.0 Å². The Balaban J connectivity index is 0.000000594. The van der Waals surface area contributed by atoms with Crippen molar-refractivity contribution in [2.24, 2.45) is 4.99 Å². The number of rotatable bonds is 16. The third-order valence-corrected chi connectivity index (χ3v) is 11.7. The Morgan fingerprint density at radius 1 is 0.833 bits per heavy atom. The monoisotopic (exact) mass is 859 g/mol. The molecule has 318 valence electrons. The van der Waals surface area contributed by atoms with Gasteiger partial charge in [0, 0.05) is 59.7 Å². The number of aliphatic imine (C=N–C) groups is 1. The predicted octanol–water partition coefficient (Wildman–Crippen LogP) is 5.78. The van der Waals surface area contributed by atoms with Gasteiger partial charge in [0.25, 0.3) is 11.8 Å². The molecule has 60 heavy (non-hydrogen) atoms. The molecule has 0 unspecified atom stereocenters. The summed E-state index contributed by atoms with van der Waals surface area (Å²) < 4.78 is 18.9. The summed E-state index contributed by atoms with van der Waals surface area (Å²) in [4.78, 5) is 66.5. The third kappa shape index (κ3) is 10.8. The second-order valence-electron chi connectivity index (χ2n) is 14.6. The first-order valence-corrected chi connectivity index (χ1v) is 21.2. The first kappa shape index (κ1) is 44.4. The summed E-state index contributed by atoms with van der Waals surface area (Å²) in [5.41, 5.74) is 5.29. The highest BCUT2D eigenvalue weighted by atomic mass is 35.5. The molecule has 0 saturated heterocycles. The second kappa shape index (κ2) is 20.9. The fraction of sp³-hybridized carbons (Fsp3) is 0.442. The van der Waals surface area contributed by atoms with Crippen molar-refractivity contribution in [1.29, 1.82) is 0 Å². The molecule has 0 spiro atoms. The second-order valence-corrected chi connectivity index (χ2v) is 16.2. The number of fused-ring (bicyclic) bond motifs is 4. The van der Waals surface area contributed by atoms with E-state index in [1.54, 1.807) is 29.5 Å². The van der Waals surface area contributed by atoms with Crippen LogP contribution in [0, 0.1) is 20.8 Å². The van der Waals surface area contributed by atoms with Gasteiger partial charge in [0.2, 0.25) is 5.91 Å². The van der Waals surface area contributed by atoms with Crippen LogP contribution in [0.1, 0.15) is 98.5 Å². The van der Waals surface area contributed by atoms with E-state index in [0.29, 0.717) is 93.2 Å². The van der Waals surface area contributed by atoms with E-state index in [4.69, 9.17) is 30.8 Å². The van der Waals surface area contributed by atoms with Crippen molar-refractivity contribution >= 4 is 63.6 Å². The van der Waals surface area contributed by atoms with E-state index < -0.39 is 6.04 Å². The minimum atomic E-state index is -0.542. The first-order valence-electron chi connectivity index (χ1n) is 20.0. The number of carbonyl (C=O) groups is 5. The van der Waals surface area contributed by atoms with Crippen LogP contribution in [-0.4, -0.2) is 114 Å². The average Bonchev–Trinajstić information content (AvgIpc) is 3.72. The number of ether oxygens (including phenoxy) is 3. The zero-order valence-electron chi connectivity index (χ0n) is 34.3. The average molecular weight is 860 g/mol. The molecule has 2 N–H and O–H groups in total. The van der Waals surface area contributed by atoms with E-state index in [-0.39, 0.29) is 42.1 Å². The van der Waals surface area contributed by atoms with E-state index in [1.807, 2.05) is 35.8 Å². The number of anilines is 1. The molecular weight excluding hydrogens is 810 g/mol. The molecule has 1 atom stereocenters. The Hall–Kier alpha value is -5.13. The molecule has 0 bridgehead atoms. The largest absolute Gasteiger partial charge is 0.382 e. The van der Waals surface area contributed by atoms with Gasteiger partial charge in [0.15, 0.2) is 5.82 Å². The van der Waals surface area contributed by atoms with E-state index in [9.17, 15) is 24.0 Å². The van der Waals surface area contributed by atoms with Gasteiger partial charge in [-0.3, -0.25) is 38.4 Å². The van der Waals surface area contributed by atoms with Gasteiger partial charge < -0.3 is 24.8 Å². The first-order chi connectivity index (χ1) is 28.9. The summed E-state index contributed by atoms with van der Waals surface area (Å²) in [6.07, 6.45) is 3.34. The Labute approximate surface area is 357 Å². The Morgan fingerprint density at radius 2 is 1.48 bits per heavy atom. The van der Waals surface area contributed by atoms with Crippen LogP contribution in [0.25, 0.3) is 5.00 Å². The molecule has 17 heteroatoms. The number of amides is 3. The molecule has 2 aliphatic heterocycles. The Morgan fingerprint density at radius 3 is 2.17 bits per heavy atom. The molecule has 3 aliphatic rings. The number of carbonyl (C=O) groups excluding carboxylic acids is 5. The van der Waals surface area contributed by atoms with Gasteiger partial charge in [-0.15, -0.1) is 21.5 Å². The maximum atomic E-state index is 13.1. The van der Waals surface area contributed by atoms with Gasteiger partial charge in [0.1, 0.15) is 28.4 Å². The Bertz CT molecular complexity index is 2240. The SMILES string of the molecule is Cc1sc2c(c1C)C(c1ccc(Cl)cc1)=N[C@@H](CC(=O)NCCOCCOCCOCCNc1cccc3c1C(=O)N(C)C3=O)c1nnc(C)n1-2.O=C1CCCCC(=O)C1. The number of aryl methyl sites for hydroxylation is 2. The maximum Gasteiger partial charge on any atom is 0.263 e. The fourth-order valence-corrected chi connectivity index (χ4v) is 8.37. The molecule has 7 rings (SSSR count). The smallest absolute Gasteiger partial charge is 0.263 e. The van der Waals surface area contributed by atoms with Crippen LogP contribution in [0.15, 0.2) is 47.5 Å². The predicted molar refractivity (Wildman–Crippen MR) is 228 cm³/mol. The molecule has 2 aromatic carbocycles. The van der Waals surface area contributed by atoms with Crippen LogP contribution < -0.4 is 10.6 Å². The molecule has 4 aromatic rings. The number of ketones is 2. The van der Waals surface area contributed by atoms with Crippen LogP contribution in [0.5, 0.6) is 0 Å². The number of halogens is 1. The molecular formula is C43H50ClN7O8S. The summed E-state index contributed by atoms with van der Waals surface area (Å²) in [6, 6.07) is 12.2. The number of hydrogen-bond acceptors (Lipinski definition) is 13. The minimum absolute atomic E-state index is 0.101. The molecule has 2 aromatic heterocycles. The summed E-state index contributed by atoms with van der Waals surface area (Å²) in [5, 5.41) is 16.6. The van der Waals surface area contributed by atoms with E-state index in [2.05, 4.69) is 34.7 Å². The van der Waals surface area contributed by atoms with Gasteiger partial charge in [-0.2, -0.15) is 0 Å². The van der Waals surface area contributed by atoms with E-state index in [1.165, 1.54) is 11.9 Å². The van der Waals surface area contributed by atoms with Crippen LogP contribution in [-0.2, 0) is 28.6 Å². The number of aromatic nitrogens is 3. The van der Waals surface area contributed by atoms with Gasteiger partial charge in [-0.05, 0) is 63.4 Å². The van der Waals surface area contributed by atoms with Crippen LogP contribution in [0.4, 0.5) is 5.69 Å². The van der Waals surface area contributed by atoms with Gasteiger partial charge >= 0.3 is 0 Å². The molecule has 15 nitrogen and oxygen atoms in total. The maximum absolute atomic E-state index is 13.1. The normalized spacial score (nSPS) is 16.0. The fourth-order valence-electron chi connectivity index (χ4n) is 7.03. The highest BCUT2D eigenvalue weighted by molar-refractivity contribution is 7.15. The molecule has 1 saturated carbocycles. The van der Waals surface area contributed by atoms with Crippen molar-refractivity contribution in [2.45, 2.75) is 65.3 Å². The van der Waals surface area contributed by atoms with Gasteiger partial charge in [-0.25, -0.2) is 0 Å². The quantitative estimate of drug-likeness (QED) is 0.0603. The summed E-state index contributed by atoms with van der Waals surface area (Å²) in [6.45, 7) is 9.20. The van der Waals surface area contributed by atoms with Crippen LogP contribution in [0.2, 0.25) is 5.02 Å². The number of thiophene rings is 1. The minimum Gasteiger partial charge on any atom is -0.382 e. The topological polar surface area (TPSA) is 183 Å². The number of Topliss-reactive ketones (excluding diaryl/α,β-unsaturated/α-hetero) is 2. The van der Waals surface area contributed by atoms with E-state index >= 15 is 0 Å². The molecule has 4 heterocycles. The Kier molecular flexibility index (Phi) is 15.5. The molecule has 1 fully saturated rings. The number of benzene rings is 2.